The maximum Gasteiger partial charge on any atom is 0.414 e. The van der Waals surface area contributed by atoms with Gasteiger partial charge in [-0.25, -0.2) is 34.0 Å². The van der Waals surface area contributed by atoms with E-state index in [1.165, 1.54) is 68.1 Å². The lowest BCUT2D eigenvalue weighted by atomic mass is 9.98. The molecule has 5 heterocycles. The van der Waals surface area contributed by atoms with Gasteiger partial charge in [-0.05, 0) is 133 Å². The van der Waals surface area contributed by atoms with Gasteiger partial charge in [0.05, 0.1) is 67.4 Å². The number of ether oxygens (including phenoxy) is 3. The number of halogens is 4. The number of nitrogens with one attached hydrogen (secondary N) is 7. The van der Waals surface area contributed by atoms with Gasteiger partial charge >= 0.3 is 18.2 Å². The Bertz CT molecular complexity index is 4090. The maximum absolute atomic E-state index is 15.2. The number of fused-ring (bicyclic) bond motifs is 3. The maximum atomic E-state index is 15.2. The molecule has 0 saturated carbocycles. The second kappa shape index (κ2) is 40.9. The van der Waals surface area contributed by atoms with Gasteiger partial charge in [-0.1, -0.05) is 55.0 Å². The van der Waals surface area contributed by atoms with Crippen molar-refractivity contribution >= 4 is 123 Å². The summed E-state index contributed by atoms with van der Waals surface area (Å²) in [7, 11) is 0. The smallest absolute Gasteiger partial charge is 0.414 e. The Morgan fingerprint density at radius 3 is 1.37 bits per heavy atom. The molecule has 5 saturated heterocycles. The third-order valence-electron chi connectivity index (χ3n) is 18.6. The molecule has 31 heteroatoms. The molecule has 108 heavy (non-hydrogen) atoms. The zero-order valence-corrected chi connectivity index (χ0v) is 61.6. The number of cyclic esters (lactones) is 2. The average molecular weight is 1530 g/mol. The van der Waals surface area contributed by atoms with E-state index in [1.54, 1.807) is 82.6 Å². The minimum atomic E-state index is -0.933. The predicted molar refractivity (Wildman–Crippen MR) is 405 cm³/mol. The van der Waals surface area contributed by atoms with E-state index in [9.17, 15) is 52.7 Å². The summed E-state index contributed by atoms with van der Waals surface area (Å²) in [5, 5.41) is 8.69. The number of hydrogen-bond donors (Lipinski definition) is 7. The first-order valence-electron chi connectivity index (χ1n) is 35.7. The van der Waals surface area contributed by atoms with Crippen LogP contribution in [0.3, 0.4) is 0 Å². The Hall–Kier alpha value is -10.6. The fourth-order valence-corrected chi connectivity index (χ4v) is 12.9. The topological polar surface area (TPSA) is 319 Å². The molecule has 1 aliphatic carbocycles. The van der Waals surface area contributed by atoms with Gasteiger partial charge in [0.25, 0.3) is 5.78 Å². The highest BCUT2D eigenvalue weighted by Crippen LogP contribution is 2.44. The van der Waals surface area contributed by atoms with Crippen molar-refractivity contribution in [3.8, 4) is 11.1 Å². The van der Waals surface area contributed by atoms with Crippen molar-refractivity contribution in [2.24, 2.45) is 0 Å². The molecular formula is C77H89Cl2F2N13O14. The second-order valence-electron chi connectivity index (χ2n) is 25.9. The molecule has 0 spiro atoms. The molecule has 574 valence electrons. The first-order chi connectivity index (χ1) is 52.2. The Morgan fingerprint density at radius 1 is 0.556 bits per heavy atom. The number of aldehydes is 1. The number of ketones is 3. The number of hydrazine groups is 2. The van der Waals surface area contributed by atoms with E-state index < -0.39 is 47.8 Å². The molecule has 5 fully saturated rings. The number of alkyl halides is 2. The number of nitrogens with zero attached hydrogens (tertiary/aromatic N) is 6. The highest BCUT2D eigenvalue weighted by atomic mass is 35.5. The third kappa shape index (κ3) is 23.2. The van der Waals surface area contributed by atoms with E-state index in [2.05, 4.69) is 37.7 Å². The summed E-state index contributed by atoms with van der Waals surface area (Å²) in [4.78, 5) is 143. The van der Waals surface area contributed by atoms with Crippen molar-refractivity contribution in [1.82, 2.24) is 36.6 Å². The highest BCUT2D eigenvalue weighted by Gasteiger charge is 2.36. The standard InChI is InChI=1S/C43H43FN6O8.C28H33FN6O6.C5H11N.CH2Cl2/c1-27(51)45-23-31-25-50(43(56)58-31)30-14-15-38(37(44)22-30)48-18-20-49(21-19-48)41(54)17-16-39(52)28-10-12-29(13-11-28)47-46-24-40(53)42(55)57-26-36-34-8-4-2-6-32(34)33-7-3-5-9-35(33)36;1-19(37)30-17-23-18-35(28(40)41-23)22-6-7-25(24(29)16-22)33-11-13-34(14-12-33)27(39)9-8-26(38)20-2-4-21(5-3-20)32-31-10-15-36;1-2-4-6-5-3-1;2-1-3/h2-15,22,31,36,46-47H,16-21,23-26H2,1H3,(H,45,51);2-7,15-16,23,31-32H,8-14,17-18H2,1H3,(H,30,37);6H,1-5H2;1H2/t31-;23-;;/m00../s1. The van der Waals surface area contributed by atoms with Crippen LogP contribution >= 0.6 is 23.2 Å². The van der Waals surface area contributed by atoms with Crippen molar-refractivity contribution in [2.75, 3.05) is 147 Å². The van der Waals surface area contributed by atoms with Crippen LogP contribution in [0.4, 0.5) is 52.5 Å². The predicted octanol–water partition coefficient (Wildman–Crippen LogP) is 8.34. The van der Waals surface area contributed by atoms with E-state index in [4.69, 9.17) is 37.4 Å². The van der Waals surface area contributed by atoms with Gasteiger partial charge in [-0.2, -0.15) is 0 Å². The lowest BCUT2D eigenvalue weighted by Gasteiger charge is -2.36. The fourth-order valence-electron chi connectivity index (χ4n) is 12.9. The van der Waals surface area contributed by atoms with Crippen LogP contribution < -0.4 is 57.3 Å². The van der Waals surface area contributed by atoms with E-state index in [0.29, 0.717) is 97.6 Å². The minimum Gasteiger partial charge on any atom is -0.459 e. The monoisotopic (exact) mass is 1530 g/mol. The van der Waals surface area contributed by atoms with Gasteiger partial charge in [-0.3, -0.25) is 43.4 Å². The van der Waals surface area contributed by atoms with Crippen molar-refractivity contribution in [2.45, 2.75) is 76.9 Å². The van der Waals surface area contributed by atoms with Crippen LogP contribution in [0, 0.1) is 11.6 Å². The number of carbonyl (C=O) groups excluding carboxylic acids is 11. The van der Waals surface area contributed by atoms with Crippen molar-refractivity contribution in [1.29, 1.82) is 0 Å². The van der Waals surface area contributed by atoms with E-state index in [1.807, 2.05) is 58.3 Å². The fraction of sp³-hybridized carbons (Fsp3) is 0.390. The van der Waals surface area contributed by atoms with Crippen molar-refractivity contribution in [3.63, 3.8) is 0 Å². The van der Waals surface area contributed by atoms with Crippen LogP contribution in [0.25, 0.3) is 11.1 Å². The quantitative estimate of drug-likeness (QED) is 0.00372. The lowest BCUT2D eigenvalue weighted by Crippen LogP contribution is -2.49. The first-order valence-corrected chi connectivity index (χ1v) is 36.8. The largest absolute Gasteiger partial charge is 0.459 e. The van der Waals surface area contributed by atoms with Crippen molar-refractivity contribution < 1.29 is 75.7 Å². The van der Waals surface area contributed by atoms with E-state index in [0.717, 1.165) is 28.5 Å². The number of esters is 1. The van der Waals surface area contributed by atoms with Gasteiger partial charge < -0.3 is 65.4 Å². The summed E-state index contributed by atoms with van der Waals surface area (Å²) in [5.41, 5.74) is 19.0. The summed E-state index contributed by atoms with van der Waals surface area (Å²) < 4.78 is 46.3. The first kappa shape index (κ1) is 81.5. The van der Waals surface area contributed by atoms with Crippen LogP contribution in [0.15, 0.2) is 133 Å². The normalized spacial score (nSPS) is 16.5. The second-order valence-corrected chi connectivity index (χ2v) is 26.7. The summed E-state index contributed by atoms with van der Waals surface area (Å²) in [5.74, 6) is -3.96. The summed E-state index contributed by atoms with van der Waals surface area (Å²) in [6.07, 6.45) is 2.86. The van der Waals surface area contributed by atoms with Crippen molar-refractivity contribution in [3.05, 3.63) is 167 Å². The van der Waals surface area contributed by atoms with Crippen LogP contribution in [0.1, 0.15) is 96.6 Å². The molecule has 0 radical (unpaired) electrons. The molecule has 2 atom stereocenters. The van der Waals surface area contributed by atoms with Crippen LogP contribution in [0.5, 0.6) is 0 Å². The number of Topliss-reactive ketones (excluding diaryl/α,β-unsaturated/α-hetero) is 3. The van der Waals surface area contributed by atoms with Crippen LogP contribution in [-0.4, -0.2) is 204 Å². The Kier molecular flexibility index (Phi) is 30.9. The van der Waals surface area contributed by atoms with Gasteiger partial charge in [0, 0.05) is 120 Å². The molecule has 0 unspecified atom stereocenters. The number of amides is 6. The molecule has 0 bridgehead atoms. The molecule has 6 aromatic rings. The van der Waals surface area contributed by atoms with Gasteiger partial charge in [0.15, 0.2) is 11.6 Å². The molecule has 5 aliphatic heterocycles. The molecule has 6 aliphatic rings. The molecule has 6 aromatic carbocycles. The third-order valence-corrected chi connectivity index (χ3v) is 18.6. The number of rotatable bonds is 27. The lowest BCUT2D eigenvalue weighted by molar-refractivity contribution is -0.153. The minimum absolute atomic E-state index is 0.0133. The molecule has 27 nitrogen and oxygen atoms in total. The molecule has 12 rings (SSSR count). The Labute approximate surface area is 634 Å². The summed E-state index contributed by atoms with van der Waals surface area (Å²) in [6.45, 7) is 8.99. The summed E-state index contributed by atoms with van der Waals surface area (Å²) in [6, 6.07) is 38.2. The number of carbonyl (C=O) groups is 11. The zero-order chi connectivity index (χ0) is 77.1. The van der Waals surface area contributed by atoms with Crippen LogP contribution in [0.2, 0.25) is 0 Å². The van der Waals surface area contributed by atoms with E-state index >= 15 is 8.78 Å². The average Bonchev–Trinajstić information content (AvgIpc) is 1.61. The number of piperazine rings is 2. The number of benzene rings is 6. The Morgan fingerprint density at radius 2 is 0.981 bits per heavy atom. The SMILES string of the molecule is C1CCNCC1.CC(=O)NC[C@H]1CN(c2ccc(N3CCN(C(=O)CCC(=O)c4ccc(NNCC(=O)C(=O)OCC5c6ccccc6-c6ccccc65)cc4)CC3)c(F)c2)C(=O)O1.CC(=O)NC[C@H]1CN(c2ccc(N3CCN(C(=O)CCC(=O)c4ccc(NNCC=O)cc4)CC3)c(F)c2)C(=O)O1.ClCCl. The number of hydrogen-bond acceptors (Lipinski definition) is 21. The number of anilines is 6. The molecule has 7 N–H and O–H groups in total. The van der Waals surface area contributed by atoms with Gasteiger partial charge in [-0.15, -0.1) is 23.2 Å². The molecule has 0 aromatic heterocycles. The van der Waals surface area contributed by atoms with Crippen LogP contribution in [-0.2, 0) is 47.8 Å². The van der Waals surface area contributed by atoms with E-state index in [-0.39, 0.29) is 118 Å². The summed E-state index contributed by atoms with van der Waals surface area (Å²) >= 11 is 9.53. The van der Waals surface area contributed by atoms with Gasteiger partial charge in [0.1, 0.15) is 36.7 Å². The highest BCUT2D eigenvalue weighted by molar-refractivity contribution is 6.40. The zero-order valence-electron chi connectivity index (χ0n) is 60.1. The molecular weight excluding hydrogens is 1440 g/mol. The van der Waals surface area contributed by atoms with Gasteiger partial charge in [0.2, 0.25) is 23.6 Å². The molecule has 6 amide bonds. The Balaban J connectivity index is 0.000000234. The number of piperidine rings is 1.